The molecule has 3 aromatic heterocycles. The molecular weight excluding hydrogens is 1940 g/mol. The summed E-state index contributed by atoms with van der Waals surface area (Å²) in [6.45, 7) is 7.45. The van der Waals surface area contributed by atoms with Crippen LogP contribution in [0.15, 0.2) is 54.6 Å². The maximum Gasteiger partial charge on any atom is 0.307 e. The smallest absolute Gasteiger partial charge is 0.307 e. The third kappa shape index (κ3) is 25.1. The zero-order chi connectivity index (χ0) is 97.5. The van der Waals surface area contributed by atoms with E-state index >= 15 is 26.3 Å². The first kappa shape index (κ1) is 110. The largest absolute Gasteiger partial charge is 0.540 e. The summed E-state index contributed by atoms with van der Waals surface area (Å²) >= 11 is 0. The minimum absolute atomic E-state index is 0. The zero-order valence-electron chi connectivity index (χ0n) is 81.7. The topological polar surface area (TPSA) is 324 Å². The number of hydrogen-bond donors (Lipinski definition) is 0. The molecule has 0 N–H and O–H groups in total. The van der Waals surface area contributed by atoms with Gasteiger partial charge in [-0.05, 0) is 200 Å². The van der Waals surface area contributed by atoms with Crippen molar-refractivity contribution in [2.24, 2.45) is 71.0 Å². The van der Waals surface area contributed by atoms with E-state index in [0.29, 0.717) is 104 Å². The number of halogens is 6. The van der Waals surface area contributed by atoms with Crippen LogP contribution in [0, 0.1) is 71.0 Å². The van der Waals surface area contributed by atoms with Crippen LogP contribution in [-0.4, -0.2) is 194 Å². The minimum Gasteiger partial charge on any atom is -0.540 e. The molecule has 0 spiro atoms. The average molecular weight is 2080 g/mol. The van der Waals surface area contributed by atoms with Crippen molar-refractivity contribution in [3.8, 4) is 34.9 Å². The van der Waals surface area contributed by atoms with Gasteiger partial charge in [-0.3, -0.25) is 28.8 Å². The summed E-state index contributed by atoms with van der Waals surface area (Å²) < 4.78 is 149. The normalized spacial score (nSPS) is 30.8. The number of amides is 3. The number of nitrogens with zero attached hydrogens (tertiary/aromatic N) is 9. The van der Waals surface area contributed by atoms with E-state index in [1.807, 2.05) is 34.0 Å². The Hall–Kier alpha value is -8.36. The molecule has 12 aliphatic rings. The van der Waals surface area contributed by atoms with Crippen LogP contribution in [0.1, 0.15) is 289 Å². The number of aromatic nitrogens is 6. The molecule has 36 heteroatoms. The van der Waals surface area contributed by atoms with E-state index < -0.39 is 150 Å². The number of esters is 3. The minimum atomic E-state index is -3.35. The van der Waals surface area contributed by atoms with Crippen LogP contribution in [0.4, 0.5) is 26.3 Å². The Morgan fingerprint density at radius 1 is 0.362 bits per heavy atom. The number of carbonyl (C=O) groups excluding carboxylic acids is 9. The Labute approximate surface area is 856 Å². The van der Waals surface area contributed by atoms with Crippen LogP contribution in [0.5, 0.6) is 34.9 Å². The molecule has 6 aromatic rings. The van der Waals surface area contributed by atoms with E-state index in [1.54, 1.807) is 54.6 Å². The van der Waals surface area contributed by atoms with Crippen LogP contribution in [-0.2, 0) is 131 Å². The summed E-state index contributed by atoms with van der Waals surface area (Å²) in [6.07, 6.45) is 25.4. The van der Waals surface area contributed by atoms with Crippen molar-refractivity contribution in [2.75, 3.05) is 41.0 Å². The van der Waals surface area contributed by atoms with E-state index in [1.165, 1.54) is 36.0 Å². The maximum absolute atomic E-state index is 16.1. The Bertz CT molecular complexity index is 5370. The summed E-state index contributed by atoms with van der Waals surface area (Å²) in [6, 6.07) is 11.7. The number of hydrogen-bond acceptors (Lipinski definition) is 24. The molecule has 6 aliphatic heterocycles. The van der Waals surface area contributed by atoms with Crippen LogP contribution < -0.4 is 28.4 Å². The van der Waals surface area contributed by atoms with Crippen molar-refractivity contribution in [1.82, 2.24) is 44.6 Å². The van der Waals surface area contributed by atoms with Gasteiger partial charge in [0.05, 0.1) is 111 Å². The van der Waals surface area contributed by atoms with Crippen molar-refractivity contribution >= 4 is 87.6 Å². The summed E-state index contributed by atoms with van der Waals surface area (Å²) in [5.41, 5.74) is -0.447. The van der Waals surface area contributed by atoms with E-state index in [2.05, 4.69) is 42.5 Å². The first-order valence-corrected chi connectivity index (χ1v) is 50.9. The number of methoxy groups -OCH3 is 3. The van der Waals surface area contributed by atoms with Crippen molar-refractivity contribution in [1.29, 1.82) is 0 Å². The molecule has 3 aromatic carbocycles. The fourth-order valence-electron chi connectivity index (χ4n) is 24.0. The molecule has 18 rings (SSSR count). The second kappa shape index (κ2) is 48.3. The molecule has 6 saturated carbocycles. The molecule has 6 aliphatic carbocycles. The zero-order valence-corrected chi connectivity index (χ0v) is 85.9. The van der Waals surface area contributed by atoms with Gasteiger partial charge >= 0.3 is 17.9 Å². The molecule has 9 heterocycles. The van der Waals surface area contributed by atoms with Gasteiger partial charge in [0, 0.05) is 99.0 Å². The first-order chi connectivity index (χ1) is 66.5. The van der Waals surface area contributed by atoms with Gasteiger partial charge in [0.25, 0.3) is 17.8 Å². The van der Waals surface area contributed by atoms with Gasteiger partial charge in [0.2, 0.25) is 35.4 Å². The summed E-state index contributed by atoms with van der Waals surface area (Å²) in [7, 11) is 4.52. The summed E-state index contributed by atoms with van der Waals surface area (Å²) in [5.74, 6) is -14.7. The van der Waals surface area contributed by atoms with E-state index in [-0.39, 0.29) is 213 Å². The Balaban J connectivity index is 0.000000176. The molecular formula is C105H132F6N9O18V3-3. The van der Waals surface area contributed by atoms with E-state index in [0.717, 1.165) is 116 Å². The summed E-state index contributed by atoms with van der Waals surface area (Å²) in [5, 5.41) is 0. The fraction of sp³-hybridized carbons (Fsp3) is 0.686. The molecule has 0 unspecified atom stereocenters. The number of rotatable bonds is 12. The molecule has 9 fully saturated rings. The third-order valence-electron chi connectivity index (χ3n) is 32.2. The number of fused-ring (bicyclic) bond motifs is 15. The van der Waals surface area contributed by atoms with Crippen LogP contribution in [0.3, 0.4) is 0 Å². The predicted octanol–water partition coefficient (Wildman–Crippen LogP) is 18.9. The maximum atomic E-state index is 16.1. The molecule has 6 bridgehead atoms. The first-order valence-electron chi connectivity index (χ1n) is 50.9. The number of benzene rings is 3. The van der Waals surface area contributed by atoms with E-state index in [4.69, 9.17) is 42.6 Å². The van der Waals surface area contributed by atoms with Gasteiger partial charge in [0.1, 0.15) is 53.4 Å². The molecule has 3 amide bonds. The molecule has 3 radical (unpaired) electrons. The number of alkyl halides is 6. The SMILES string of the molecule is CC[C@@H]1[C@@H]2CN(C(=O)[C@H](C3CCCCC3)CC(=O)O[C@@H]3CCC[C@H]3CCCCC(F)(F)c3nc4ccc(OC)cc4nc3O2)[C@@H]1[C-]=O.CC[C@@H]1[C@@H]2CN(C(=O)[C@H](C3CCCCC3)CC(=O)O[C@@H]3C[C@H]3CCCCC(F)(F)c3nc4ccc(OC)cc4nc3O2)[C@@H]1[C-]=O.CC[C@@H]1[C@@H]2CN(C(=O)[C@H](C3CCCCC3)CC(=O)O[C@]3(C)C[C@H]3CCCCC(F)(F)c3nc4ccc(OC)cc4nc3O2)[C@@H]1[C-]=O.[V].[V].[V]. The molecule has 27 nitrogen and oxygen atoms in total. The van der Waals surface area contributed by atoms with Crippen LogP contribution >= 0.6 is 0 Å². The van der Waals surface area contributed by atoms with Gasteiger partial charge in [-0.25, -0.2) is 48.8 Å². The molecule has 18 atom stereocenters. The van der Waals surface area contributed by atoms with Crippen molar-refractivity contribution in [2.45, 2.75) is 344 Å². The van der Waals surface area contributed by atoms with Crippen molar-refractivity contribution in [3.05, 3.63) is 71.7 Å². The summed E-state index contributed by atoms with van der Waals surface area (Å²) in [4.78, 5) is 152. The Morgan fingerprint density at radius 3 is 1.01 bits per heavy atom. The van der Waals surface area contributed by atoms with Gasteiger partial charge in [-0.1, -0.05) is 135 Å². The molecule has 3 saturated heterocycles. The third-order valence-corrected chi connectivity index (χ3v) is 32.2. The predicted molar refractivity (Wildman–Crippen MR) is 495 cm³/mol. The Kier molecular flexibility index (Phi) is 37.7. The fourth-order valence-corrected chi connectivity index (χ4v) is 24.0. The van der Waals surface area contributed by atoms with Gasteiger partial charge in [0.15, 0.2) is 17.1 Å². The number of carbonyl (C=O) groups is 6. The van der Waals surface area contributed by atoms with Crippen molar-refractivity contribution < 1.29 is 168 Å². The quantitative estimate of drug-likeness (QED) is 0.0475. The van der Waals surface area contributed by atoms with E-state index in [9.17, 15) is 43.2 Å². The van der Waals surface area contributed by atoms with Gasteiger partial charge in [-0.2, -0.15) is 26.3 Å². The van der Waals surface area contributed by atoms with Crippen molar-refractivity contribution in [3.63, 3.8) is 0 Å². The molecule has 765 valence electrons. The average Bonchev–Trinajstić information content (AvgIpc) is 1.70. The van der Waals surface area contributed by atoms with Crippen LogP contribution in [0.25, 0.3) is 33.1 Å². The Morgan fingerprint density at radius 2 is 0.674 bits per heavy atom. The van der Waals surface area contributed by atoms with Gasteiger partial charge < -0.3 is 71.7 Å². The standard InChI is InChI=1S/C36H46F2N3O6.C35H44F2N3O6.C34H42F2N3O6.3V/c1-3-25-29(21-42)41-20-31(25)47-34-33(39-27-16-15-24(45-2)18-28(27)40-34)36(37,38)17-8-7-12-23-13-9-14-30(23)46-32(43)19-26(35(41)44)22-10-5-4-6-11-22;1-4-24-28(20-41)40-19-29(24)45-32-31(38-26-14-13-23(44-3)16-27(26)39-32)35(36,37)15-9-8-12-22-18-34(22,2)46-30(42)17-25(33(40)43)21-10-6-5-7-11-21;1-3-23-27(19-40)39-18-29(23)45-32-31(37-25-13-12-22(43-2)16-26(25)38-32)34(35,36)14-8-7-11-21-15-28(21)44-30(41)17-24(33(39)42)20-9-5-4-6-10-20;;;/h15-16,18,22-23,25-26,29-31H,3-14,17,19-20H2,1-2H3;13-14,16,21-22,24-25,28-29H,4-12,15,17-19H2,1-3H3;12-13,16,20-21,23-24,27-29H,3-11,14-15,17-18H2,1-2H3;;;/q3*-1;;;/t23-,25+,26+,29-,30-,31+;22-,24+,25+,28-,29+,34-;21-,23+,24+,27-,28-,29+;;;/m111.../s1. The number of ether oxygens (including phenoxy) is 9. The van der Waals surface area contributed by atoms with Crippen LogP contribution in [0.2, 0.25) is 0 Å². The van der Waals surface area contributed by atoms with Gasteiger partial charge in [-0.15, -0.1) is 0 Å². The molecule has 141 heavy (non-hydrogen) atoms. The second-order valence-corrected chi connectivity index (χ2v) is 40.9. The second-order valence-electron chi connectivity index (χ2n) is 40.9. The monoisotopic (exact) mass is 2070 g/mol.